The zero-order chi connectivity index (χ0) is 18.6. The van der Waals surface area contributed by atoms with E-state index in [1.807, 2.05) is 9.80 Å². The van der Waals surface area contributed by atoms with Crippen molar-refractivity contribution in [3.05, 3.63) is 34.7 Å². The molecule has 0 N–H and O–H groups in total. The van der Waals surface area contributed by atoms with E-state index < -0.39 is 0 Å². The van der Waals surface area contributed by atoms with Gasteiger partial charge in [0.05, 0.1) is 0 Å². The highest BCUT2D eigenvalue weighted by Crippen LogP contribution is 2.39. The SMILES string of the molecule is CCCCN1C[C@@]2(CCCN(C(=O)Cn3ccccc3=O)C2)CCC1=O. The lowest BCUT2D eigenvalue weighted by Crippen LogP contribution is -2.55. The summed E-state index contributed by atoms with van der Waals surface area (Å²) in [6.45, 7) is 5.25. The summed E-state index contributed by atoms with van der Waals surface area (Å²) in [5.41, 5.74) is -0.126. The molecule has 0 saturated carbocycles. The molecule has 3 rings (SSSR count). The van der Waals surface area contributed by atoms with Crippen molar-refractivity contribution in [2.45, 2.75) is 52.0 Å². The molecular formula is C20H29N3O3. The number of hydrogen-bond donors (Lipinski definition) is 0. The Hall–Kier alpha value is -2.11. The summed E-state index contributed by atoms with van der Waals surface area (Å²) in [4.78, 5) is 40.7. The molecule has 2 aliphatic rings. The molecule has 0 unspecified atom stereocenters. The number of amides is 2. The third-order valence-electron chi connectivity index (χ3n) is 5.75. The van der Waals surface area contributed by atoms with E-state index in [2.05, 4.69) is 6.92 Å². The van der Waals surface area contributed by atoms with Gasteiger partial charge in [-0.1, -0.05) is 19.4 Å². The van der Waals surface area contributed by atoms with E-state index in [0.29, 0.717) is 13.0 Å². The molecule has 2 amide bonds. The Morgan fingerprint density at radius 1 is 1.19 bits per heavy atom. The predicted molar refractivity (Wildman–Crippen MR) is 99.7 cm³/mol. The van der Waals surface area contributed by atoms with Crippen LogP contribution >= 0.6 is 0 Å². The van der Waals surface area contributed by atoms with E-state index in [1.54, 1.807) is 18.3 Å². The first-order valence-electron chi connectivity index (χ1n) is 9.74. The summed E-state index contributed by atoms with van der Waals surface area (Å²) in [5.74, 6) is 0.248. The first-order valence-corrected chi connectivity index (χ1v) is 9.74. The molecule has 0 radical (unpaired) electrons. The first kappa shape index (κ1) is 18.7. The van der Waals surface area contributed by atoms with Crippen molar-refractivity contribution < 1.29 is 9.59 Å². The van der Waals surface area contributed by atoms with Crippen LogP contribution in [0.4, 0.5) is 0 Å². The van der Waals surface area contributed by atoms with Crippen LogP contribution in [0.3, 0.4) is 0 Å². The number of pyridine rings is 1. The highest BCUT2D eigenvalue weighted by molar-refractivity contribution is 5.78. The molecule has 142 valence electrons. The fraction of sp³-hybridized carbons (Fsp3) is 0.650. The molecule has 0 aliphatic carbocycles. The van der Waals surface area contributed by atoms with Crippen molar-refractivity contribution in [2.75, 3.05) is 26.2 Å². The Morgan fingerprint density at radius 2 is 2.04 bits per heavy atom. The van der Waals surface area contributed by atoms with Crippen molar-refractivity contribution in [2.24, 2.45) is 5.41 Å². The van der Waals surface area contributed by atoms with Gasteiger partial charge in [0.1, 0.15) is 6.54 Å². The van der Waals surface area contributed by atoms with Crippen LogP contribution in [0.2, 0.25) is 0 Å². The van der Waals surface area contributed by atoms with Crippen LogP contribution in [0.25, 0.3) is 0 Å². The second kappa shape index (κ2) is 8.06. The molecule has 2 saturated heterocycles. The van der Waals surface area contributed by atoms with Gasteiger partial charge in [0.25, 0.3) is 5.56 Å². The van der Waals surface area contributed by atoms with Crippen molar-refractivity contribution >= 4 is 11.8 Å². The molecule has 6 heteroatoms. The maximum atomic E-state index is 12.7. The first-order chi connectivity index (χ1) is 12.5. The predicted octanol–water partition coefficient (Wildman–Crippen LogP) is 1.88. The molecular weight excluding hydrogens is 330 g/mol. The fourth-order valence-corrected chi connectivity index (χ4v) is 4.25. The van der Waals surface area contributed by atoms with E-state index in [0.717, 1.165) is 51.7 Å². The van der Waals surface area contributed by atoms with Gasteiger partial charge in [-0.15, -0.1) is 0 Å². The second-order valence-corrected chi connectivity index (χ2v) is 7.75. The van der Waals surface area contributed by atoms with E-state index >= 15 is 0 Å². The maximum absolute atomic E-state index is 12.7. The van der Waals surface area contributed by atoms with Gasteiger partial charge in [-0.2, -0.15) is 0 Å². The smallest absolute Gasteiger partial charge is 0.250 e. The van der Waals surface area contributed by atoms with Crippen LogP contribution in [0.5, 0.6) is 0 Å². The standard InChI is InChI=1S/C20H29N3O3/c1-2-3-11-22-15-20(10-8-18(22)25)9-6-13-23(16-20)19(26)14-21-12-5-4-7-17(21)24/h4-5,7,12H,2-3,6,8-11,13-16H2,1H3/t20-/m1/s1. The summed E-state index contributed by atoms with van der Waals surface area (Å²) in [6, 6.07) is 4.93. The van der Waals surface area contributed by atoms with Gasteiger partial charge in [0, 0.05) is 50.3 Å². The number of nitrogens with zero attached hydrogens (tertiary/aromatic N) is 3. The molecule has 1 atom stereocenters. The van der Waals surface area contributed by atoms with Crippen molar-refractivity contribution in [1.29, 1.82) is 0 Å². The van der Waals surface area contributed by atoms with Gasteiger partial charge < -0.3 is 14.4 Å². The summed E-state index contributed by atoms with van der Waals surface area (Å²) in [6.07, 6.45) is 7.25. The van der Waals surface area contributed by atoms with Gasteiger partial charge in [-0.25, -0.2) is 0 Å². The number of likely N-dealkylation sites (tertiary alicyclic amines) is 2. The van der Waals surface area contributed by atoms with Gasteiger partial charge in [-0.3, -0.25) is 14.4 Å². The third-order valence-corrected chi connectivity index (χ3v) is 5.75. The van der Waals surface area contributed by atoms with Crippen LogP contribution in [-0.2, 0) is 16.1 Å². The minimum Gasteiger partial charge on any atom is -0.342 e. The highest BCUT2D eigenvalue weighted by Gasteiger charge is 2.42. The summed E-state index contributed by atoms with van der Waals surface area (Å²) in [5, 5.41) is 0. The number of piperidine rings is 2. The van der Waals surface area contributed by atoms with Crippen LogP contribution in [0.15, 0.2) is 29.2 Å². The van der Waals surface area contributed by atoms with Crippen molar-refractivity contribution in [3.63, 3.8) is 0 Å². The lowest BCUT2D eigenvalue weighted by atomic mass is 9.73. The zero-order valence-corrected chi connectivity index (χ0v) is 15.7. The Balaban J connectivity index is 1.66. The lowest BCUT2D eigenvalue weighted by molar-refractivity contribution is -0.143. The summed E-state index contributed by atoms with van der Waals surface area (Å²) < 4.78 is 1.46. The molecule has 1 aromatic heterocycles. The van der Waals surface area contributed by atoms with E-state index in [4.69, 9.17) is 0 Å². The molecule has 1 spiro atoms. The number of carbonyl (C=O) groups is 2. The molecule has 6 nitrogen and oxygen atoms in total. The number of rotatable bonds is 5. The summed E-state index contributed by atoms with van der Waals surface area (Å²) in [7, 11) is 0. The van der Waals surface area contributed by atoms with Gasteiger partial charge in [0.2, 0.25) is 11.8 Å². The largest absolute Gasteiger partial charge is 0.342 e. The minimum atomic E-state index is -0.151. The molecule has 2 fully saturated rings. The Kier molecular flexibility index (Phi) is 5.79. The zero-order valence-electron chi connectivity index (χ0n) is 15.7. The fourth-order valence-electron chi connectivity index (χ4n) is 4.25. The number of unbranched alkanes of at least 4 members (excludes halogenated alkanes) is 1. The summed E-state index contributed by atoms with van der Waals surface area (Å²) >= 11 is 0. The van der Waals surface area contributed by atoms with E-state index in [1.165, 1.54) is 10.6 Å². The van der Waals surface area contributed by atoms with Crippen LogP contribution in [0.1, 0.15) is 45.4 Å². The van der Waals surface area contributed by atoms with Crippen LogP contribution in [-0.4, -0.2) is 52.4 Å². The van der Waals surface area contributed by atoms with Gasteiger partial charge in [-0.05, 0) is 31.7 Å². The van der Waals surface area contributed by atoms with Gasteiger partial charge >= 0.3 is 0 Å². The van der Waals surface area contributed by atoms with Crippen LogP contribution < -0.4 is 5.56 Å². The molecule has 0 bridgehead atoms. The number of aromatic nitrogens is 1. The minimum absolute atomic E-state index is 0.00520. The Morgan fingerprint density at radius 3 is 2.81 bits per heavy atom. The second-order valence-electron chi connectivity index (χ2n) is 7.75. The monoisotopic (exact) mass is 359 g/mol. The van der Waals surface area contributed by atoms with Gasteiger partial charge in [0.15, 0.2) is 0 Å². The van der Waals surface area contributed by atoms with Crippen molar-refractivity contribution in [1.82, 2.24) is 14.4 Å². The molecule has 0 aromatic carbocycles. The van der Waals surface area contributed by atoms with E-state index in [9.17, 15) is 14.4 Å². The lowest BCUT2D eigenvalue weighted by Gasteiger charge is -2.48. The normalized spacial score (nSPS) is 23.5. The van der Waals surface area contributed by atoms with E-state index in [-0.39, 0.29) is 29.3 Å². The molecule has 26 heavy (non-hydrogen) atoms. The average molecular weight is 359 g/mol. The number of carbonyl (C=O) groups excluding carboxylic acids is 2. The number of hydrogen-bond acceptors (Lipinski definition) is 3. The highest BCUT2D eigenvalue weighted by atomic mass is 16.2. The molecule has 3 heterocycles. The Labute approximate surface area is 154 Å². The van der Waals surface area contributed by atoms with Crippen molar-refractivity contribution in [3.8, 4) is 0 Å². The molecule has 1 aromatic rings. The Bertz CT molecular complexity index is 714. The molecule has 2 aliphatic heterocycles. The average Bonchev–Trinajstić information content (AvgIpc) is 2.65. The third kappa shape index (κ3) is 4.17. The quantitative estimate of drug-likeness (QED) is 0.806. The van der Waals surface area contributed by atoms with Crippen LogP contribution in [0, 0.1) is 5.41 Å². The topological polar surface area (TPSA) is 62.6 Å². The maximum Gasteiger partial charge on any atom is 0.250 e.